The third-order valence-corrected chi connectivity index (χ3v) is 3.48. The van der Waals surface area contributed by atoms with Gasteiger partial charge in [0, 0.05) is 6.42 Å². The van der Waals surface area contributed by atoms with Crippen LogP contribution in [-0.2, 0) is 4.79 Å². The summed E-state index contributed by atoms with van der Waals surface area (Å²) in [6.45, 7) is 6.70. The van der Waals surface area contributed by atoms with Gasteiger partial charge >= 0.3 is 0 Å². The first-order valence-electron chi connectivity index (χ1n) is 8.97. The molecule has 0 aromatic carbocycles. The number of primary amides is 1. The van der Waals surface area contributed by atoms with E-state index >= 15 is 0 Å². The van der Waals surface area contributed by atoms with Crippen molar-refractivity contribution in [3.63, 3.8) is 0 Å². The number of unbranched alkanes of at least 4 members (excludes halogenated alkanes) is 11. The number of rotatable bonds is 13. The van der Waals surface area contributed by atoms with Crippen molar-refractivity contribution in [3.8, 4) is 0 Å². The highest BCUT2D eigenvalue weighted by molar-refractivity contribution is 5.73. The Labute approximate surface area is 127 Å². The molecule has 0 bridgehead atoms. The minimum Gasteiger partial charge on any atom is -0.370 e. The Hall–Kier alpha value is -0.530. The van der Waals surface area contributed by atoms with Crippen molar-refractivity contribution in [2.75, 3.05) is 0 Å². The van der Waals surface area contributed by atoms with Crippen LogP contribution in [0.3, 0.4) is 0 Å². The van der Waals surface area contributed by atoms with Gasteiger partial charge in [-0.1, -0.05) is 97.8 Å². The Morgan fingerprint density at radius 2 is 0.900 bits per heavy atom. The van der Waals surface area contributed by atoms with E-state index in [0.717, 1.165) is 12.8 Å². The summed E-state index contributed by atoms with van der Waals surface area (Å²) < 4.78 is 0. The zero-order chi connectivity index (χ0) is 15.5. The van der Waals surface area contributed by atoms with Crippen LogP contribution in [-0.4, -0.2) is 5.91 Å². The van der Waals surface area contributed by atoms with E-state index in [1.165, 1.54) is 70.6 Å². The molecule has 0 saturated carbocycles. The quantitative estimate of drug-likeness (QED) is 0.416. The molecule has 0 fully saturated rings. The molecule has 2 nitrogen and oxygen atoms in total. The van der Waals surface area contributed by atoms with Gasteiger partial charge in [0.25, 0.3) is 0 Å². The minimum absolute atomic E-state index is 0.159. The molecule has 0 aromatic rings. The standard InChI is InChI=1S/C12H25NO.C6H14/c1-2-3-4-5-6-7-8-9-10-11-12(13)14;1-3-5-6-4-2/h2-11H2,1H3,(H2,13,14);3-6H2,1-2H3. The number of hydrogen-bond acceptors (Lipinski definition) is 1. The number of nitrogens with two attached hydrogens (primary N) is 1. The highest BCUT2D eigenvalue weighted by Gasteiger charge is 1.94. The second-order valence-corrected chi connectivity index (χ2v) is 5.75. The van der Waals surface area contributed by atoms with Gasteiger partial charge < -0.3 is 5.73 Å². The number of amides is 1. The van der Waals surface area contributed by atoms with Crippen molar-refractivity contribution in [1.29, 1.82) is 0 Å². The van der Waals surface area contributed by atoms with E-state index in [1.54, 1.807) is 0 Å². The zero-order valence-electron chi connectivity index (χ0n) is 14.4. The SMILES string of the molecule is CCCCCC.CCCCCCCCCCCC(N)=O. The van der Waals surface area contributed by atoms with Gasteiger partial charge in [0.1, 0.15) is 0 Å². The topological polar surface area (TPSA) is 43.1 Å². The molecular formula is C18H39NO. The van der Waals surface area contributed by atoms with Crippen molar-refractivity contribution in [2.45, 2.75) is 111 Å². The summed E-state index contributed by atoms with van der Waals surface area (Å²) in [6, 6.07) is 0. The van der Waals surface area contributed by atoms with Gasteiger partial charge in [0.2, 0.25) is 5.91 Å². The van der Waals surface area contributed by atoms with Crippen LogP contribution in [0.5, 0.6) is 0 Å². The Morgan fingerprint density at radius 1 is 0.600 bits per heavy atom. The average molecular weight is 286 g/mol. The van der Waals surface area contributed by atoms with Gasteiger partial charge in [-0.15, -0.1) is 0 Å². The van der Waals surface area contributed by atoms with Crippen LogP contribution in [0.2, 0.25) is 0 Å². The molecule has 0 radical (unpaired) electrons. The van der Waals surface area contributed by atoms with Gasteiger partial charge in [-0.25, -0.2) is 0 Å². The molecule has 2 N–H and O–H groups in total. The molecule has 0 rings (SSSR count). The normalized spacial score (nSPS) is 9.95. The molecule has 0 aliphatic rings. The van der Waals surface area contributed by atoms with Crippen molar-refractivity contribution in [3.05, 3.63) is 0 Å². The van der Waals surface area contributed by atoms with E-state index in [9.17, 15) is 4.79 Å². The van der Waals surface area contributed by atoms with E-state index in [2.05, 4.69) is 20.8 Å². The van der Waals surface area contributed by atoms with Crippen molar-refractivity contribution >= 4 is 5.91 Å². The van der Waals surface area contributed by atoms with Gasteiger partial charge in [0.05, 0.1) is 0 Å². The Morgan fingerprint density at radius 3 is 1.25 bits per heavy atom. The molecule has 0 aliphatic heterocycles. The van der Waals surface area contributed by atoms with Crippen LogP contribution in [0.25, 0.3) is 0 Å². The lowest BCUT2D eigenvalue weighted by molar-refractivity contribution is -0.118. The van der Waals surface area contributed by atoms with Gasteiger partial charge in [0.15, 0.2) is 0 Å². The van der Waals surface area contributed by atoms with Gasteiger partial charge in [-0.3, -0.25) is 4.79 Å². The van der Waals surface area contributed by atoms with Gasteiger partial charge in [-0.2, -0.15) is 0 Å². The summed E-state index contributed by atoms with van der Waals surface area (Å²) >= 11 is 0. The minimum atomic E-state index is -0.159. The van der Waals surface area contributed by atoms with E-state index in [1.807, 2.05) is 0 Å². The lowest BCUT2D eigenvalue weighted by Gasteiger charge is -2.00. The molecular weight excluding hydrogens is 246 g/mol. The molecule has 2 heteroatoms. The maximum absolute atomic E-state index is 10.4. The zero-order valence-corrected chi connectivity index (χ0v) is 14.4. The summed E-state index contributed by atoms with van der Waals surface area (Å²) in [5.41, 5.74) is 5.05. The molecule has 0 saturated heterocycles. The molecule has 0 aliphatic carbocycles. The van der Waals surface area contributed by atoms with Crippen molar-refractivity contribution in [2.24, 2.45) is 5.73 Å². The second-order valence-electron chi connectivity index (χ2n) is 5.75. The second kappa shape index (κ2) is 20.8. The van der Waals surface area contributed by atoms with E-state index < -0.39 is 0 Å². The molecule has 0 aromatic heterocycles. The van der Waals surface area contributed by atoms with Crippen molar-refractivity contribution < 1.29 is 4.79 Å². The summed E-state index contributed by atoms with van der Waals surface area (Å²) in [6.07, 6.45) is 17.6. The van der Waals surface area contributed by atoms with Crippen LogP contribution in [0.1, 0.15) is 111 Å². The van der Waals surface area contributed by atoms with E-state index in [-0.39, 0.29) is 5.91 Å². The van der Waals surface area contributed by atoms with E-state index in [0.29, 0.717) is 6.42 Å². The third-order valence-electron chi connectivity index (χ3n) is 3.48. The maximum Gasteiger partial charge on any atom is 0.217 e. The van der Waals surface area contributed by atoms with Crippen molar-refractivity contribution in [1.82, 2.24) is 0 Å². The Balaban J connectivity index is 0. The molecule has 0 atom stereocenters. The molecule has 122 valence electrons. The summed E-state index contributed by atoms with van der Waals surface area (Å²) in [5.74, 6) is -0.159. The fraction of sp³-hybridized carbons (Fsp3) is 0.944. The van der Waals surface area contributed by atoms with Crippen LogP contribution in [0.15, 0.2) is 0 Å². The first-order chi connectivity index (χ1) is 9.68. The predicted octanol–water partition coefficient (Wildman–Crippen LogP) is 5.98. The summed E-state index contributed by atoms with van der Waals surface area (Å²) in [5, 5.41) is 0. The molecule has 1 amide bonds. The fourth-order valence-corrected chi connectivity index (χ4v) is 2.11. The molecule has 0 spiro atoms. The van der Waals surface area contributed by atoms with Gasteiger partial charge in [-0.05, 0) is 6.42 Å². The number of carbonyl (C=O) groups excluding carboxylic acids is 1. The third kappa shape index (κ3) is 26.1. The van der Waals surface area contributed by atoms with Crippen LogP contribution < -0.4 is 5.73 Å². The number of carbonyl (C=O) groups is 1. The number of hydrogen-bond donors (Lipinski definition) is 1. The summed E-state index contributed by atoms with van der Waals surface area (Å²) in [4.78, 5) is 10.4. The summed E-state index contributed by atoms with van der Waals surface area (Å²) in [7, 11) is 0. The molecule has 0 unspecified atom stereocenters. The largest absolute Gasteiger partial charge is 0.370 e. The highest BCUT2D eigenvalue weighted by atomic mass is 16.1. The van der Waals surface area contributed by atoms with E-state index in [4.69, 9.17) is 5.73 Å². The van der Waals surface area contributed by atoms with Crippen LogP contribution in [0, 0.1) is 0 Å². The monoisotopic (exact) mass is 285 g/mol. The molecule has 0 heterocycles. The fourth-order valence-electron chi connectivity index (χ4n) is 2.11. The smallest absolute Gasteiger partial charge is 0.217 e. The Bertz CT molecular complexity index is 176. The highest BCUT2D eigenvalue weighted by Crippen LogP contribution is 2.10. The Kier molecular flexibility index (Phi) is 22.6. The average Bonchev–Trinajstić information content (AvgIpc) is 2.43. The molecule has 20 heavy (non-hydrogen) atoms. The maximum atomic E-state index is 10.4. The first-order valence-corrected chi connectivity index (χ1v) is 8.97. The lowest BCUT2D eigenvalue weighted by atomic mass is 10.1. The van der Waals surface area contributed by atoms with Crippen LogP contribution in [0.4, 0.5) is 0 Å². The lowest BCUT2D eigenvalue weighted by Crippen LogP contribution is -2.09. The first kappa shape index (κ1) is 21.8. The van der Waals surface area contributed by atoms with Crippen LogP contribution >= 0.6 is 0 Å². The predicted molar refractivity (Wildman–Crippen MR) is 90.9 cm³/mol.